The van der Waals surface area contributed by atoms with E-state index < -0.39 is 0 Å². The van der Waals surface area contributed by atoms with Gasteiger partial charge in [-0.05, 0) is 60.3 Å². The van der Waals surface area contributed by atoms with Gasteiger partial charge in [0.2, 0.25) is 0 Å². The van der Waals surface area contributed by atoms with Crippen LogP contribution in [0.4, 0.5) is 10.8 Å². The molecule has 0 amide bonds. The van der Waals surface area contributed by atoms with Crippen molar-refractivity contribution >= 4 is 55.2 Å². The van der Waals surface area contributed by atoms with Crippen LogP contribution in [0.2, 0.25) is 5.02 Å². The number of nitrogens with one attached hydrogen (secondary N) is 1. The molecular weight excluding hydrogens is 372 g/mol. The SMILES string of the molecule is COc1ccc(Nc2nc(-c3sc4ccc(Cl)cc4c3C)cs2)cc1. The molecule has 25 heavy (non-hydrogen) atoms. The highest BCUT2D eigenvalue weighted by Crippen LogP contribution is 2.40. The molecule has 3 nitrogen and oxygen atoms in total. The van der Waals surface area contributed by atoms with Gasteiger partial charge in [0.25, 0.3) is 0 Å². The highest BCUT2D eigenvalue weighted by molar-refractivity contribution is 7.23. The molecule has 0 saturated heterocycles. The van der Waals surface area contributed by atoms with Crippen molar-refractivity contribution in [2.24, 2.45) is 0 Å². The van der Waals surface area contributed by atoms with Crippen LogP contribution in [0.1, 0.15) is 5.56 Å². The first kappa shape index (κ1) is 16.4. The van der Waals surface area contributed by atoms with E-state index in [9.17, 15) is 0 Å². The summed E-state index contributed by atoms with van der Waals surface area (Å²) in [4.78, 5) is 5.94. The Hall–Kier alpha value is -2.08. The summed E-state index contributed by atoms with van der Waals surface area (Å²) in [7, 11) is 1.66. The lowest BCUT2D eigenvalue weighted by Gasteiger charge is -2.03. The molecule has 1 N–H and O–H groups in total. The molecule has 0 spiro atoms. The second kappa shape index (κ2) is 6.67. The van der Waals surface area contributed by atoms with Crippen LogP contribution in [-0.4, -0.2) is 12.1 Å². The number of fused-ring (bicyclic) bond motifs is 1. The smallest absolute Gasteiger partial charge is 0.187 e. The summed E-state index contributed by atoms with van der Waals surface area (Å²) in [5, 5.41) is 8.27. The van der Waals surface area contributed by atoms with Crippen molar-refractivity contribution in [1.29, 1.82) is 0 Å². The number of rotatable bonds is 4. The number of ether oxygens (including phenoxy) is 1. The van der Waals surface area contributed by atoms with Crippen LogP contribution in [0.3, 0.4) is 0 Å². The molecular formula is C19H15ClN2OS2. The van der Waals surface area contributed by atoms with Gasteiger partial charge in [0.1, 0.15) is 5.75 Å². The van der Waals surface area contributed by atoms with Gasteiger partial charge >= 0.3 is 0 Å². The van der Waals surface area contributed by atoms with Gasteiger partial charge in [-0.2, -0.15) is 0 Å². The van der Waals surface area contributed by atoms with Gasteiger partial charge in [0.05, 0.1) is 17.7 Å². The zero-order chi connectivity index (χ0) is 17.4. The fraction of sp³-hybridized carbons (Fsp3) is 0.105. The number of hydrogen-bond donors (Lipinski definition) is 1. The van der Waals surface area contributed by atoms with E-state index in [0.717, 1.165) is 27.3 Å². The average molecular weight is 387 g/mol. The zero-order valence-corrected chi connectivity index (χ0v) is 16.1. The third-order valence-corrected chi connectivity index (χ3v) is 6.26. The first-order chi connectivity index (χ1) is 12.1. The highest BCUT2D eigenvalue weighted by Gasteiger charge is 2.14. The Morgan fingerprint density at radius 1 is 1.12 bits per heavy atom. The van der Waals surface area contributed by atoms with E-state index in [2.05, 4.69) is 23.7 Å². The minimum Gasteiger partial charge on any atom is -0.497 e. The normalized spacial score (nSPS) is 11.0. The molecule has 0 unspecified atom stereocenters. The quantitative estimate of drug-likeness (QED) is 0.421. The number of aryl methyl sites for hydroxylation is 1. The number of hydrogen-bond acceptors (Lipinski definition) is 5. The van der Waals surface area contributed by atoms with Crippen molar-refractivity contribution in [2.45, 2.75) is 6.92 Å². The van der Waals surface area contributed by atoms with E-state index in [-0.39, 0.29) is 0 Å². The topological polar surface area (TPSA) is 34.1 Å². The molecule has 2 heterocycles. The summed E-state index contributed by atoms with van der Waals surface area (Å²) in [6.07, 6.45) is 0. The molecule has 2 aromatic heterocycles. The molecule has 0 aliphatic heterocycles. The van der Waals surface area contributed by atoms with Gasteiger partial charge in [-0.25, -0.2) is 4.98 Å². The molecule has 0 aliphatic rings. The second-order valence-corrected chi connectivity index (χ2v) is 7.93. The standard InChI is InChI=1S/C19H15ClN2OS2/c1-11-15-9-12(20)3-8-17(15)25-18(11)16-10-24-19(22-16)21-13-4-6-14(23-2)7-5-13/h3-10H,1-2H3,(H,21,22). The maximum Gasteiger partial charge on any atom is 0.187 e. The van der Waals surface area contributed by atoms with Crippen molar-refractivity contribution in [2.75, 3.05) is 12.4 Å². The fourth-order valence-electron chi connectivity index (χ4n) is 2.67. The Labute approximate surface area is 158 Å². The van der Waals surface area contributed by atoms with Gasteiger partial charge in [-0.15, -0.1) is 22.7 Å². The monoisotopic (exact) mass is 386 g/mol. The van der Waals surface area contributed by atoms with Crippen LogP contribution in [0, 0.1) is 6.92 Å². The van der Waals surface area contributed by atoms with E-state index in [1.165, 1.54) is 20.5 Å². The predicted octanol–water partition coefficient (Wildman–Crippen LogP) is 6.74. The number of nitrogens with zero attached hydrogens (tertiary/aromatic N) is 1. The van der Waals surface area contributed by atoms with E-state index in [1.54, 1.807) is 29.8 Å². The van der Waals surface area contributed by atoms with Crippen LogP contribution >= 0.6 is 34.3 Å². The van der Waals surface area contributed by atoms with Gasteiger partial charge in [0, 0.05) is 20.8 Å². The van der Waals surface area contributed by atoms with Crippen LogP contribution in [-0.2, 0) is 0 Å². The average Bonchev–Trinajstić information content (AvgIpc) is 3.20. The summed E-state index contributed by atoms with van der Waals surface area (Å²) in [5.41, 5.74) is 3.21. The molecule has 0 bridgehead atoms. The van der Waals surface area contributed by atoms with Crippen LogP contribution in [0.25, 0.3) is 20.7 Å². The number of aromatic nitrogens is 1. The van der Waals surface area contributed by atoms with E-state index in [4.69, 9.17) is 21.3 Å². The Morgan fingerprint density at radius 2 is 1.92 bits per heavy atom. The van der Waals surface area contributed by atoms with Gasteiger partial charge in [-0.3, -0.25) is 0 Å². The Kier molecular flexibility index (Phi) is 4.37. The molecule has 4 aromatic rings. The largest absolute Gasteiger partial charge is 0.497 e. The molecule has 6 heteroatoms. The first-order valence-corrected chi connectivity index (χ1v) is 9.77. The number of benzene rings is 2. The Balaban J connectivity index is 1.63. The van der Waals surface area contributed by atoms with Crippen molar-refractivity contribution < 1.29 is 4.74 Å². The molecule has 126 valence electrons. The molecule has 0 fully saturated rings. The summed E-state index contributed by atoms with van der Waals surface area (Å²) < 4.78 is 6.41. The summed E-state index contributed by atoms with van der Waals surface area (Å²) >= 11 is 9.48. The number of methoxy groups -OCH3 is 1. The zero-order valence-electron chi connectivity index (χ0n) is 13.7. The third kappa shape index (κ3) is 3.23. The molecule has 4 rings (SSSR count). The first-order valence-electron chi connectivity index (χ1n) is 7.69. The number of halogens is 1. The van der Waals surface area contributed by atoms with Crippen molar-refractivity contribution in [3.8, 4) is 16.3 Å². The lowest BCUT2D eigenvalue weighted by atomic mass is 10.1. The maximum atomic E-state index is 6.13. The summed E-state index contributed by atoms with van der Waals surface area (Å²) in [6.45, 7) is 2.13. The Morgan fingerprint density at radius 3 is 2.68 bits per heavy atom. The number of anilines is 2. The lowest BCUT2D eigenvalue weighted by Crippen LogP contribution is -1.90. The third-order valence-electron chi connectivity index (χ3n) is 3.98. The van der Waals surface area contributed by atoms with E-state index in [0.29, 0.717) is 0 Å². The number of thiazole rings is 1. The molecule has 0 atom stereocenters. The fourth-order valence-corrected chi connectivity index (χ4v) is 4.79. The second-order valence-electron chi connectivity index (χ2n) is 5.59. The van der Waals surface area contributed by atoms with Gasteiger partial charge in [-0.1, -0.05) is 11.6 Å². The molecule has 0 aliphatic carbocycles. The minimum atomic E-state index is 0.764. The molecule has 2 aromatic carbocycles. The van der Waals surface area contributed by atoms with E-state index >= 15 is 0 Å². The van der Waals surface area contributed by atoms with Gasteiger partial charge in [0.15, 0.2) is 5.13 Å². The predicted molar refractivity (Wildman–Crippen MR) is 109 cm³/mol. The van der Waals surface area contributed by atoms with E-state index in [1.807, 2.05) is 36.4 Å². The van der Waals surface area contributed by atoms with Crippen LogP contribution in [0.5, 0.6) is 5.75 Å². The van der Waals surface area contributed by atoms with Gasteiger partial charge < -0.3 is 10.1 Å². The van der Waals surface area contributed by atoms with Crippen LogP contribution in [0.15, 0.2) is 47.8 Å². The lowest BCUT2D eigenvalue weighted by molar-refractivity contribution is 0.415. The van der Waals surface area contributed by atoms with Crippen molar-refractivity contribution in [3.63, 3.8) is 0 Å². The minimum absolute atomic E-state index is 0.764. The maximum absolute atomic E-state index is 6.13. The molecule has 0 radical (unpaired) electrons. The summed E-state index contributed by atoms with van der Waals surface area (Å²) in [6, 6.07) is 13.8. The summed E-state index contributed by atoms with van der Waals surface area (Å²) in [5.74, 6) is 0.838. The Bertz CT molecular complexity index is 1040. The number of thiophene rings is 1. The highest BCUT2D eigenvalue weighted by atomic mass is 35.5. The molecule has 0 saturated carbocycles. The van der Waals surface area contributed by atoms with Crippen molar-refractivity contribution in [3.05, 3.63) is 58.4 Å². The van der Waals surface area contributed by atoms with Crippen LogP contribution < -0.4 is 10.1 Å². The van der Waals surface area contributed by atoms with Crippen molar-refractivity contribution in [1.82, 2.24) is 4.98 Å².